The van der Waals surface area contributed by atoms with E-state index in [1.807, 2.05) is 24.3 Å². The highest BCUT2D eigenvalue weighted by Gasteiger charge is 2.24. The third kappa shape index (κ3) is 5.43. The molecule has 0 bridgehead atoms. The predicted molar refractivity (Wildman–Crippen MR) is 86.7 cm³/mol. The molecule has 1 saturated heterocycles. The van der Waals surface area contributed by atoms with Crippen molar-refractivity contribution in [2.45, 2.75) is 45.8 Å². The van der Waals surface area contributed by atoms with Crippen LogP contribution in [0.5, 0.6) is 5.75 Å². The molecule has 2 rings (SSSR count). The highest BCUT2D eigenvalue weighted by Crippen LogP contribution is 2.14. The second-order valence-electron chi connectivity index (χ2n) is 6.31. The number of Topliss-reactive ketones (excluding diaryl/α,β-unsaturated/α-hetero) is 1. The number of benzene rings is 1. The summed E-state index contributed by atoms with van der Waals surface area (Å²) < 4.78 is 11.5. The van der Waals surface area contributed by atoms with E-state index in [9.17, 15) is 4.79 Å². The fraction of sp³-hybridized carbons (Fsp3) is 0.611. The van der Waals surface area contributed by atoms with Gasteiger partial charge in [-0.2, -0.15) is 0 Å². The zero-order valence-electron chi connectivity index (χ0n) is 13.9. The number of ketones is 1. The van der Waals surface area contributed by atoms with Crippen molar-refractivity contribution in [2.24, 2.45) is 0 Å². The summed E-state index contributed by atoms with van der Waals surface area (Å²) in [5.74, 6) is 0.860. The summed E-state index contributed by atoms with van der Waals surface area (Å²) in [6.45, 7) is 9.97. The second kappa shape index (κ2) is 8.30. The van der Waals surface area contributed by atoms with Crippen molar-refractivity contribution in [3.05, 3.63) is 29.8 Å². The Kier molecular flexibility index (Phi) is 6.40. The first-order valence-corrected chi connectivity index (χ1v) is 8.27. The van der Waals surface area contributed by atoms with Gasteiger partial charge in [-0.25, -0.2) is 0 Å². The molecule has 1 unspecified atom stereocenters. The Balaban J connectivity index is 1.65. The smallest absolute Gasteiger partial charge is 0.159 e. The van der Waals surface area contributed by atoms with Crippen molar-refractivity contribution < 1.29 is 19.2 Å². The Labute approximate surface area is 133 Å². The Morgan fingerprint density at radius 3 is 2.68 bits per heavy atom. The molecule has 0 amide bonds. The van der Waals surface area contributed by atoms with Gasteiger partial charge in [-0.1, -0.05) is 12.1 Å². The highest BCUT2D eigenvalue weighted by atomic mass is 16.5. The van der Waals surface area contributed by atoms with Gasteiger partial charge in [0.15, 0.2) is 5.78 Å². The number of carbonyl (C=O) groups is 1. The zero-order chi connectivity index (χ0) is 15.9. The summed E-state index contributed by atoms with van der Waals surface area (Å²) in [6, 6.07) is 7.41. The van der Waals surface area contributed by atoms with Crippen LogP contribution in [0.3, 0.4) is 0 Å². The van der Waals surface area contributed by atoms with Crippen LogP contribution in [-0.4, -0.2) is 44.2 Å². The van der Waals surface area contributed by atoms with Crippen LogP contribution in [0.4, 0.5) is 0 Å². The molecule has 22 heavy (non-hydrogen) atoms. The standard InChI is InChI=1S/C18H27NO3/c1-14-12-19(13-15(2)22-14)9-4-5-10-21-18-8-6-7-17(11-18)16(3)20/h6-8,11,14-15H,4-5,9-10,12-13H2,1-3H3/p+1/t14-,15+. The average molecular weight is 306 g/mol. The van der Waals surface area contributed by atoms with Gasteiger partial charge in [-0.3, -0.25) is 4.79 Å². The first-order valence-electron chi connectivity index (χ1n) is 8.27. The van der Waals surface area contributed by atoms with Crippen LogP contribution in [-0.2, 0) is 4.74 Å². The van der Waals surface area contributed by atoms with E-state index in [0.717, 1.165) is 31.7 Å². The molecule has 1 aromatic carbocycles. The summed E-state index contributed by atoms with van der Waals surface area (Å²) in [4.78, 5) is 13.0. The van der Waals surface area contributed by atoms with Crippen LogP contribution < -0.4 is 9.64 Å². The molecule has 0 spiro atoms. The third-order valence-corrected chi connectivity index (χ3v) is 4.05. The maximum Gasteiger partial charge on any atom is 0.159 e. The van der Waals surface area contributed by atoms with Gasteiger partial charge >= 0.3 is 0 Å². The lowest BCUT2D eigenvalue weighted by molar-refractivity contribution is -0.915. The Bertz CT molecular complexity index is 479. The molecule has 1 aliphatic heterocycles. The topological polar surface area (TPSA) is 40.0 Å². The molecule has 0 aromatic heterocycles. The SMILES string of the molecule is CC(=O)c1cccc(OCCCC[NH+]2C[C@@H](C)O[C@@H](C)C2)c1. The molecule has 122 valence electrons. The number of carbonyl (C=O) groups excluding carboxylic acids is 1. The predicted octanol–water partition coefficient (Wildman–Crippen LogP) is 1.74. The molecule has 4 nitrogen and oxygen atoms in total. The number of quaternary nitrogens is 1. The van der Waals surface area contributed by atoms with Crippen LogP contribution in [0.15, 0.2) is 24.3 Å². The van der Waals surface area contributed by atoms with Crippen molar-refractivity contribution in [2.75, 3.05) is 26.2 Å². The summed E-state index contributed by atoms with van der Waals surface area (Å²) in [6.07, 6.45) is 2.92. The number of morpholine rings is 1. The van der Waals surface area contributed by atoms with E-state index >= 15 is 0 Å². The lowest BCUT2D eigenvalue weighted by atomic mass is 10.1. The van der Waals surface area contributed by atoms with Crippen LogP contribution in [0, 0.1) is 0 Å². The van der Waals surface area contributed by atoms with Crippen LogP contribution in [0.2, 0.25) is 0 Å². The largest absolute Gasteiger partial charge is 0.494 e. The maximum atomic E-state index is 11.3. The van der Waals surface area contributed by atoms with Gasteiger partial charge in [-0.05, 0) is 45.7 Å². The Morgan fingerprint density at radius 1 is 1.27 bits per heavy atom. The van der Waals surface area contributed by atoms with E-state index in [2.05, 4.69) is 13.8 Å². The second-order valence-corrected chi connectivity index (χ2v) is 6.31. The van der Waals surface area contributed by atoms with E-state index in [1.165, 1.54) is 6.54 Å². The average Bonchev–Trinajstić information content (AvgIpc) is 2.46. The van der Waals surface area contributed by atoms with E-state index < -0.39 is 0 Å². The molecule has 0 aliphatic carbocycles. The van der Waals surface area contributed by atoms with Crippen LogP contribution in [0.1, 0.15) is 44.0 Å². The minimum atomic E-state index is 0.0737. The third-order valence-electron chi connectivity index (χ3n) is 4.05. The van der Waals surface area contributed by atoms with E-state index in [-0.39, 0.29) is 5.78 Å². The van der Waals surface area contributed by atoms with Crippen LogP contribution in [0.25, 0.3) is 0 Å². The Morgan fingerprint density at radius 2 is 2.00 bits per heavy atom. The molecule has 1 aromatic rings. The number of hydrogen-bond donors (Lipinski definition) is 1. The summed E-state index contributed by atoms with van der Waals surface area (Å²) in [7, 11) is 0. The fourth-order valence-electron chi connectivity index (χ4n) is 3.07. The number of nitrogens with one attached hydrogen (secondary N) is 1. The molecular formula is C18H28NO3+. The van der Waals surface area contributed by atoms with Gasteiger partial charge in [0.1, 0.15) is 31.0 Å². The maximum absolute atomic E-state index is 11.3. The van der Waals surface area contributed by atoms with Crippen molar-refractivity contribution in [3.63, 3.8) is 0 Å². The van der Waals surface area contributed by atoms with Crippen molar-refractivity contribution in [1.82, 2.24) is 0 Å². The number of ether oxygens (including phenoxy) is 2. The molecular weight excluding hydrogens is 278 g/mol. The van der Waals surface area contributed by atoms with Gasteiger partial charge in [0.25, 0.3) is 0 Å². The van der Waals surface area contributed by atoms with Gasteiger partial charge < -0.3 is 14.4 Å². The molecule has 4 heteroatoms. The minimum Gasteiger partial charge on any atom is -0.494 e. The first kappa shape index (κ1) is 17.0. The monoisotopic (exact) mass is 306 g/mol. The van der Waals surface area contributed by atoms with Crippen molar-refractivity contribution in [3.8, 4) is 5.75 Å². The van der Waals surface area contributed by atoms with E-state index in [1.54, 1.807) is 11.8 Å². The molecule has 0 saturated carbocycles. The quantitative estimate of drug-likeness (QED) is 0.616. The number of hydrogen-bond acceptors (Lipinski definition) is 3. The fourth-order valence-corrected chi connectivity index (χ4v) is 3.07. The highest BCUT2D eigenvalue weighted by molar-refractivity contribution is 5.94. The molecule has 1 aliphatic rings. The summed E-state index contributed by atoms with van der Waals surface area (Å²) in [5.41, 5.74) is 0.707. The lowest BCUT2D eigenvalue weighted by Crippen LogP contribution is -3.15. The number of unbranched alkanes of at least 4 members (excludes halogenated alkanes) is 1. The molecule has 0 radical (unpaired) electrons. The van der Waals surface area contributed by atoms with Gasteiger partial charge in [0.05, 0.1) is 13.2 Å². The van der Waals surface area contributed by atoms with E-state index in [0.29, 0.717) is 24.4 Å². The molecule has 1 N–H and O–H groups in total. The van der Waals surface area contributed by atoms with Gasteiger partial charge in [-0.15, -0.1) is 0 Å². The molecule has 1 fully saturated rings. The van der Waals surface area contributed by atoms with Crippen LogP contribution >= 0.6 is 0 Å². The minimum absolute atomic E-state index is 0.0737. The Hall–Kier alpha value is -1.39. The zero-order valence-corrected chi connectivity index (χ0v) is 13.9. The number of rotatable bonds is 7. The van der Waals surface area contributed by atoms with Gasteiger partial charge in [0.2, 0.25) is 0 Å². The summed E-state index contributed by atoms with van der Waals surface area (Å²) >= 11 is 0. The van der Waals surface area contributed by atoms with Gasteiger partial charge in [0, 0.05) is 5.56 Å². The van der Waals surface area contributed by atoms with E-state index in [4.69, 9.17) is 9.47 Å². The molecule has 1 heterocycles. The van der Waals surface area contributed by atoms with Crippen molar-refractivity contribution in [1.29, 1.82) is 0 Å². The lowest BCUT2D eigenvalue weighted by Gasteiger charge is -2.32. The molecule has 3 atom stereocenters. The van der Waals surface area contributed by atoms with Crippen molar-refractivity contribution >= 4 is 5.78 Å². The first-order chi connectivity index (χ1) is 10.5. The summed E-state index contributed by atoms with van der Waals surface area (Å²) in [5, 5.41) is 0. The normalized spacial score (nSPS) is 25.0.